The minimum atomic E-state index is 0.948. The van der Waals surface area contributed by atoms with Gasteiger partial charge in [0, 0.05) is 11.4 Å². The second-order valence-electron chi connectivity index (χ2n) is 2.83. The van der Waals surface area contributed by atoms with Crippen molar-refractivity contribution in [3.8, 4) is 0 Å². The van der Waals surface area contributed by atoms with E-state index in [0.717, 1.165) is 11.4 Å². The maximum atomic E-state index is 3.74. The Morgan fingerprint density at radius 3 is 1.53 bits per heavy atom. The predicted octanol–water partition coefficient (Wildman–Crippen LogP) is 3.87. The van der Waals surface area contributed by atoms with Crippen molar-refractivity contribution >= 4 is 0 Å². The van der Waals surface area contributed by atoms with E-state index in [9.17, 15) is 0 Å². The fourth-order valence-electron chi connectivity index (χ4n) is 0.888. The van der Waals surface area contributed by atoms with E-state index < -0.39 is 0 Å². The molecule has 0 aromatic heterocycles. The number of hydrogen-bond donors (Lipinski definition) is 1. The average Bonchev–Trinajstić information content (AvgIpc) is 2.28. The van der Waals surface area contributed by atoms with E-state index in [1.54, 1.807) is 12.2 Å². The Bertz CT molecular complexity index is 282. The van der Waals surface area contributed by atoms with Crippen molar-refractivity contribution in [2.24, 2.45) is 0 Å². The van der Waals surface area contributed by atoms with Gasteiger partial charge in [-0.15, -0.1) is 0 Å². The van der Waals surface area contributed by atoms with Crippen LogP contribution in [0.2, 0.25) is 0 Å². The smallest absolute Gasteiger partial charge is 0.0378 e. The zero-order chi connectivity index (χ0) is 11.5. The second-order valence-corrected chi connectivity index (χ2v) is 2.83. The number of hydrogen-bond acceptors (Lipinski definition) is 1. The Balaban J connectivity index is 4.64. The zero-order valence-corrected chi connectivity index (χ0v) is 9.53. The van der Waals surface area contributed by atoms with Gasteiger partial charge in [0.25, 0.3) is 0 Å². The summed E-state index contributed by atoms with van der Waals surface area (Å²) < 4.78 is 0. The van der Waals surface area contributed by atoms with Crippen molar-refractivity contribution in [2.75, 3.05) is 0 Å². The number of allylic oxidation sites excluding steroid dienone is 8. The third-order valence-corrected chi connectivity index (χ3v) is 1.66. The van der Waals surface area contributed by atoms with Crippen LogP contribution in [0.4, 0.5) is 0 Å². The first-order chi connectivity index (χ1) is 7.28. The van der Waals surface area contributed by atoms with Gasteiger partial charge in [-0.05, 0) is 38.2 Å². The number of rotatable bonds is 6. The third kappa shape index (κ3) is 6.33. The van der Waals surface area contributed by atoms with Crippen LogP contribution in [0, 0.1) is 0 Å². The van der Waals surface area contributed by atoms with E-state index in [4.69, 9.17) is 0 Å². The van der Waals surface area contributed by atoms with Crippen molar-refractivity contribution in [1.29, 1.82) is 0 Å². The van der Waals surface area contributed by atoms with Crippen LogP contribution < -0.4 is 5.32 Å². The lowest BCUT2D eigenvalue weighted by Crippen LogP contribution is -2.08. The summed E-state index contributed by atoms with van der Waals surface area (Å²) in [5.41, 5.74) is 1.90. The highest BCUT2D eigenvalue weighted by atomic mass is 14.9. The summed E-state index contributed by atoms with van der Waals surface area (Å²) in [6.07, 6.45) is 15.3. The van der Waals surface area contributed by atoms with Crippen LogP contribution in [0.25, 0.3) is 0 Å². The van der Waals surface area contributed by atoms with E-state index in [1.165, 1.54) is 0 Å². The van der Waals surface area contributed by atoms with Crippen molar-refractivity contribution in [2.45, 2.75) is 13.8 Å². The van der Waals surface area contributed by atoms with Gasteiger partial charge < -0.3 is 5.32 Å². The molecule has 0 atom stereocenters. The molecule has 0 spiro atoms. The summed E-state index contributed by atoms with van der Waals surface area (Å²) >= 11 is 0. The van der Waals surface area contributed by atoms with Gasteiger partial charge in [0.15, 0.2) is 0 Å². The Morgan fingerprint density at radius 1 is 0.867 bits per heavy atom. The van der Waals surface area contributed by atoms with Crippen LogP contribution in [0.5, 0.6) is 0 Å². The topological polar surface area (TPSA) is 12.0 Å². The molecule has 15 heavy (non-hydrogen) atoms. The maximum absolute atomic E-state index is 3.74. The molecule has 0 aliphatic rings. The Morgan fingerprint density at radius 2 is 1.27 bits per heavy atom. The van der Waals surface area contributed by atoms with Crippen molar-refractivity contribution in [3.05, 3.63) is 73.2 Å². The van der Waals surface area contributed by atoms with Gasteiger partial charge in [0.1, 0.15) is 0 Å². The molecule has 0 saturated heterocycles. The molecule has 0 aliphatic heterocycles. The number of nitrogens with one attached hydrogen (secondary N) is 1. The first-order valence-corrected chi connectivity index (χ1v) is 4.96. The first kappa shape index (κ1) is 13.2. The maximum Gasteiger partial charge on any atom is 0.0378 e. The zero-order valence-electron chi connectivity index (χ0n) is 9.53. The lowest BCUT2D eigenvalue weighted by atomic mass is 10.3. The lowest BCUT2D eigenvalue weighted by molar-refractivity contribution is 1.05. The van der Waals surface area contributed by atoms with Gasteiger partial charge in [-0.1, -0.05) is 37.5 Å². The lowest BCUT2D eigenvalue weighted by Gasteiger charge is -2.06. The van der Waals surface area contributed by atoms with Gasteiger partial charge in [-0.2, -0.15) is 0 Å². The van der Waals surface area contributed by atoms with Crippen LogP contribution in [0.1, 0.15) is 13.8 Å². The van der Waals surface area contributed by atoms with Crippen LogP contribution >= 0.6 is 0 Å². The van der Waals surface area contributed by atoms with E-state index >= 15 is 0 Å². The van der Waals surface area contributed by atoms with Gasteiger partial charge in [-0.25, -0.2) is 0 Å². The summed E-state index contributed by atoms with van der Waals surface area (Å²) in [6, 6.07) is 0. The summed E-state index contributed by atoms with van der Waals surface area (Å²) in [4.78, 5) is 0. The summed E-state index contributed by atoms with van der Waals surface area (Å²) in [5, 5.41) is 3.21. The molecule has 1 nitrogen and oxygen atoms in total. The predicted molar refractivity (Wildman–Crippen MR) is 69.3 cm³/mol. The summed E-state index contributed by atoms with van der Waals surface area (Å²) in [7, 11) is 0. The Hall–Kier alpha value is -1.76. The molecule has 1 N–H and O–H groups in total. The fraction of sp³-hybridized carbons (Fsp3) is 0.143. The molecule has 0 unspecified atom stereocenters. The summed E-state index contributed by atoms with van der Waals surface area (Å²) in [6.45, 7) is 11.4. The standard InChI is InChI=1S/C14H19N/c1-5-9-11-13(7-3)15-14(8-4)12-10-6-2/h5-12,15H,3-4H2,1-2H3/b9-5-,10-6-,13-11+,14-12+. The Kier molecular flexibility index (Phi) is 7.79. The van der Waals surface area contributed by atoms with Crippen molar-refractivity contribution < 1.29 is 0 Å². The molecule has 0 heterocycles. The van der Waals surface area contributed by atoms with Crippen LogP contribution in [-0.4, -0.2) is 0 Å². The van der Waals surface area contributed by atoms with Crippen LogP contribution in [-0.2, 0) is 0 Å². The molecule has 0 aliphatic carbocycles. The van der Waals surface area contributed by atoms with E-state index in [-0.39, 0.29) is 0 Å². The molecule has 0 rings (SSSR count). The Labute approximate surface area is 92.9 Å². The first-order valence-electron chi connectivity index (χ1n) is 4.96. The highest BCUT2D eigenvalue weighted by Gasteiger charge is 1.90. The minimum absolute atomic E-state index is 0.948. The fourth-order valence-corrected chi connectivity index (χ4v) is 0.888. The molecule has 0 bridgehead atoms. The molecule has 80 valence electrons. The van der Waals surface area contributed by atoms with Gasteiger partial charge in [-0.3, -0.25) is 0 Å². The van der Waals surface area contributed by atoms with Crippen LogP contribution in [0.3, 0.4) is 0 Å². The molecule has 0 radical (unpaired) electrons. The quantitative estimate of drug-likeness (QED) is 0.643. The molecule has 1 heteroatoms. The summed E-state index contributed by atoms with van der Waals surface area (Å²) in [5.74, 6) is 0. The third-order valence-electron chi connectivity index (χ3n) is 1.66. The molecule has 0 fully saturated rings. The van der Waals surface area contributed by atoms with Crippen molar-refractivity contribution in [1.82, 2.24) is 5.32 Å². The monoisotopic (exact) mass is 201 g/mol. The highest BCUT2D eigenvalue weighted by Crippen LogP contribution is 1.99. The van der Waals surface area contributed by atoms with E-state index in [0.29, 0.717) is 0 Å². The molecule has 0 aromatic carbocycles. The average molecular weight is 201 g/mol. The second kappa shape index (κ2) is 8.82. The molecular formula is C14H19N. The SMILES string of the molecule is C=C/C(=C\C=C/C)N/C(C=C)=C/C=C\C. The van der Waals surface area contributed by atoms with Gasteiger partial charge in [0.2, 0.25) is 0 Å². The molecule has 0 amide bonds. The normalized spacial score (nSPS) is 13.5. The molecular weight excluding hydrogens is 182 g/mol. The van der Waals surface area contributed by atoms with Crippen molar-refractivity contribution in [3.63, 3.8) is 0 Å². The van der Waals surface area contributed by atoms with Gasteiger partial charge >= 0.3 is 0 Å². The van der Waals surface area contributed by atoms with Crippen LogP contribution in [0.15, 0.2) is 73.2 Å². The molecule has 0 saturated carbocycles. The molecule has 0 aromatic rings. The minimum Gasteiger partial charge on any atom is -0.356 e. The van der Waals surface area contributed by atoms with Gasteiger partial charge in [0.05, 0.1) is 0 Å². The van der Waals surface area contributed by atoms with E-state index in [1.807, 2.05) is 50.3 Å². The largest absolute Gasteiger partial charge is 0.356 e. The highest BCUT2D eigenvalue weighted by molar-refractivity contribution is 5.30. The van der Waals surface area contributed by atoms with E-state index in [2.05, 4.69) is 18.5 Å².